The summed E-state index contributed by atoms with van der Waals surface area (Å²) in [5.41, 5.74) is 3.54. The zero-order valence-corrected chi connectivity index (χ0v) is 14.3. The average Bonchev–Trinajstić information content (AvgIpc) is 2.86. The van der Waals surface area contributed by atoms with Gasteiger partial charge < -0.3 is 5.32 Å². The Morgan fingerprint density at radius 1 is 1.24 bits per heavy atom. The van der Waals surface area contributed by atoms with E-state index in [2.05, 4.69) is 59.9 Å². The van der Waals surface area contributed by atoms with Crippen molar-refractivity contribution in [2.75, 3.05) is 0 Å². The fraction of sp³-hybridized carbons (Fsp3) is 0.500. The maximum atomic E-state index is 6.06. The number of halogens is 1. The molecule has 0 radical (unpaired) electrons. The van der Waals surface area contributed by atoms with Crippen LogP contribution < -0.4 is 5.32 Å². The number of rotatable bonds is 7. The van der Waals surface area contributed by atoms with Crippen molar-refractivity contribution in [1.82, 2.24) is 14.9 Å². The van der Waals surface area contributed by atoms with Gasteiger partial charge in [-0.05, 0) is 23.5 Å². The van der Waals surface area contributed by atoms with Crippen molar-refractivity contribution in [1.29, 1.82) is 0 Å². The van der Waals surface area contributed by atoms with Gasteiger partial charge in [0.15, 0.2) is 0 Å². The highest BCUT2D eigenvalue weighted by Crippen LogP contribution is 2.24. The van der Waals surface area contributed by atoms with E-state index >= 15 is 0 Å². The molecule has 2 rings (SSSR count). The van der Waals surface area contributed by atoms with Gasteiger partial charge in [-0.25, -0.2) is 0 Å². The molecule has 1 aromatic carbocycles. The van der Waals surface area contributed by atoms with Crippen LogP contribution in [0.25, 0.3) is 0 Å². The maximum absolute atomic E-state index is 6.06. The molecule has 3 nitrogen and oxygen atoms in total. The second kappa shape index (κ2) is 7.87. The minimum absolute atomic E-state index is 0.290. The lowest BCUT2D eigenvalue weighted by Crippen LogP contribution is -2.25. The molecule has 1 heterocycles. The van der Waals surface area contributed by atoms with E-state index in [0.29, 0.717) is 22.8 Å². The van der Waals surface area contributed by atoms with Crippen LogP contribution in [0.2, 0.25) is 4.34 Å². The first-order valence-electron chi connectivity index (χ1n) is 7.40. The van der Waals surface area contributed by atoms with Crippen molar-refractivity contribution in [3.05, 3.63) is 45.4 Å². The highest BCUT2D eigenvalue weighted by Gasteiger charge is 2.16. The third-order valence-corrected chi connectivity index (χ3v) is 4.53. The predicted octanol–water partition coefficient (Wildman–Crippen LogP) is 4.63. The van der Waals surface area contributed by atoms with Crippen molar-refractivity contribution in [2.24, 2.45) is 5.92 Å². The van der Waals surface area contributed by atoms with E-state index in [1.165, 1.54) is 29.1 Å². The Kier molecular flexibility index (Phi) is 6.15. The Hall–Kier alpha value is -0.970. The molecule has 2 aromatic rings. The Balaban J connectivity index is 2.06. The number of nitrogens with one attached hydrogen (secondary N) is 1. The highest BCUT2D eigenvalue weighted by atomic mass is 35.5. The van der Waals surface area contributed by atoms with E-state index in [4.69, 9.17) is 11.6 Å². The topological polar surface area (TPSA) is 37.8 Å². The summed E-state index contributed by atoms with van der Waals surface area (Å²) < 4.78 is 4.54. The summed E-state index contributed by atoms with van der Waals surface area (Å²) in [7, 11) is 0. The van der Waals surface area contributed by atoms with E-state index in [1.54, 1.807) is 0 Å². The van der Waals surface area contributed by atoms with Crippen LogP contribution in [-0.4, -0.2) is 9.59 Å². The van der Waals surface area contributed by atoms with Crippen LogP contribution in [-0.2, 0) is 13.0 Å². The molecule has 21 heavy (non-hydrogen) atoms. The molecule has 0 saturated heterocycles. The Morgan fingerprint density at radius 3 is 2.48 bits per heavy atom. The van der Waals surface area contributed by atoms with Crippen LogP contribution in [0.3, 0.4) is 0 Å². The lowest BCUT2D eigenvalue weighted by Gasteiger charge is -2.23. The number of benzene rings is 1. The van der Waals surface area contributed by atoms with Gasteiger partial charge >= 0.3 is 0 Å². The van der Waals surface area contributed by atoms with Crippen molar-refractivity contribution in [3.63, 3.8) is 0 Å². The third-order valence-electron chi connectivity index (χ3n) is 3.54. The maximum Gasteiger partial charge on any atom is 0.138 e. The van der Waals surface area contributed by atoms with E-state index in [0.717, 1.165) is 12.1 Å². The second-order valence-electron chi connectivity index (χ2n) is 5.59. The van der Waals surface area contributed by atoms with Gasteiger partial charge in [-0.1, -0.05) is 67.5 Å². The second-order valence-corrected chi connectivity index (χ2v) is 6.94. The third kappa shape index (κ3) is 4.50. The first-order valence-corrected chi connectivity index (χ1v) is 8.56. The van der Waals surface area contributed by atoms with E-state index in [-0.39, 0.29) is 0 Å². The van der Waals surface area contributed by atoms with Gasteiger partial charge in [0, 0.05) is 24.1 Å². The fourth-order valence-electron chi connectivity index (χ4n) is 2.43. The molecule has 0 bridgehead atoms. The molecule has 1 N–H and O–H groups in total. The lowest BCUT2D eigenvalue weighted by atomic mass is 9.94. The van der Waals surface area contributed by atoms with Gasteiger partial charge in [0.05, 0.1) is 0 Å². The van der Waals surface area contributed by atoms with Crippen LogP contribution >= 0.6 is 23.1 Å². The average molecular weight is 324 g/mol. The summed E-state index contributed by atoms with van der Waals surface area (Å²) >= 11 is 7.29. The van der Waals surface area contributed by atoms with Gasteiger partial charge in [-0.15, -0.1) is 5.10 Å². The summed E-state index contributed by atoms with van der Waals surface area (Å²) in [6.45, 7) is 7.30. The number of aryl methyl sites for hydroxylation is 1. The Morgan fingerprint density at radius 2 is 1.95 bits per heavy atom. The van der Waals surface area contributed by atoms with E-state index < -0.39 is 0 Å². The predicted molar refractivity (Wildman–Crippen MR) is 89.8 cm³/mol. The summed E-state index contributed by atoms with van der Waals surface area (Å²) in [6.07, 6.45) is 2.32. The first-order chi connectivity index (χ1) is 10.1. The van der Waals surface area contributed by atoms with Crippen molar-refractivity contribution >= 4 is 23.1 Å². The van der Waals surface area contributed by atoms with Gasteiger partial charge in [0.2, 0.25) is 0 Å². The van der Waals surface area contributed by atoms with E-state index in [9.17, 15) is 0 Å². The van der Waals surface area contributed by atoms with Crippen molar-refractivity contribution < 1.29 is 0 Å². The molecule has 1 atom stereocenters. The molecule has 0 fully saturated rings. The zero-order valence-electron chi connectivity index (χ0n) is 12.8. The molecule has 114 valence electrons. The van der Waals surface area contributed by atoms with Gasteiger partial charge in [-0.2, -0.15) is 0 Å². The Bertz CT molecular complexity index is 551. The van der Waals surface area contributed by atoms with Crippen molar-refractivity contribution in [2.45, 2.75) is 46.2 Å². The zero-order chi connectivity index (χ0) is 15.2. The molecule has 0 spiro atoms. The molecule has 0 saturated carbocycles. The molecule has 1 unspecified atom stereocenters. The van der Waals surface area contributed by atoms with E-state index in [1.807, 2.05) is 0 Å². The number of hydrogen-bond donors (Lipinski definition) is 1. The highest BCUT2D eigenvalue weighted by molar-refractivity contribution is 7.10. The standard InChI is InChI=1S/C16H22ClN3S/c1-4-5-12-6-8-13(9-7-12)15(11(2)3)18-10-14-16(17)21-20-19-14/h6-9,11,15,18H,4-5,10H2,1-3H3. The van der Waals surface area contributed by atoms with Crippen LogP contribution in [0.4, 0.5) is 0 Å². The molecule has 0 aliphatic heterocycles. The SMILES string of the molecule is CCCc1ccc(C(NCc2nnsc2Cl)C(C)C)cc1. The Labute approximate surface area is 135 Å². The van der Waals surface area contributed by atoms with Crippen LogP contribution in [0.1, 0.15) is 50.1 Å². The minimum Gasteiger partial charge on any atom is -0.304 e. The monoisotopic (exact) mass is 323 g/mol. The number of hydrogen-bond acceptors (Lipinski definition) is 4. The van der Waals surface area contributed by atoms with Gasteiger partial charge in [0.1, 0.15) is 10.0 Å². The molecular formula is C16H22ClN3S. The van der Waals surface area contributed by atoms with Crippen LogP contribution in [0.5, 0.6) is 0 Å². The summed E-state index contributed by atoms with van der Waals surface area (Å²) in [5.74, 6) is 0.493. The van der Waals surface area contributed by atoms with Gasteiger partial charge in [0.25, 0.3) is 0 Å². The molecule has 0 amide bonds. The first kappa shape index (κ1) is 16.4. The van der Waals surface area contributed by atoms with Crippen LogP contribution in [0, 0.1) is 5.92 Å². The molecule has 1 aromatic heterocycles. The minimum atomic E-state index is 0.290. The smallest absolute Gasteiger partial charge is 0.138 e. The fourth-order valence-corrected chi connectivity index (χ4v) is 3.05. The largest absolute Gasteiger partial charge is 0.304 e. The number of aromatic nitrogens is 2. The van der Waals surface area contributed by atoms with Gasteiger partial charge in [-0.3, -0.25) is 0 Å². The molecule has 0 aliphatic carbocycles. The summed E-state index contributed by atoms with van der Waals surface area (Å²) in [5, 5.41) is 7.60. The molecule has 0 aliphatic rings. The van der Waals surface area contributed by atoms with Crippen molar-refractivity contribution in [3.8, 4) is 0 Å². The number of nitrogens with zero attached hydrogens (tertiary/aromatic N) is 2. The quantitative estimate of drug-likeness (QED) is 0.807. The summed E-state index contributed by atoms with van der Waals surface area (Å²) in [6, 6.07) is 9.20. The normalized spacial score (nSPS) is 12.8. The lowest BCUT2D eigenvalue weighted by molar-refractivity contribution is 0.408. The molecular weight excluding hydrogens is 302 g/mol. The molecule has 5 heteroatoms. The summed E-state index contributed by atoms with van der Waals surface area (Å²) in [4.78, 5) is 0. The van der Waals surface area contributed by atoms with Crippen LogP contribution in [0.15, 0.2) is 24.3 Å².